The van der Waals surface area contributed by atoms with Crippen molar-refractivity contribution in [3.05, 3.63) is 65.6 Å². The Morgan fingerprint density at radius 2 is 1.91 bits per heavy atom. The van der Waals surface area contributed by atoms with Crippen LogP contribution in [0.2, 0.25) is 0 Å². The first-order valence-electron chi connectivity index (χ1n) is 11.0. The van der Waals surface area contributed by atoms with Gasteiger partial charge in [-0.15, -0.1) is 6.58 Å². The zero-order valence-corrected chi connectivity index (χ0v) is 19.7. The van der Waals surface area contributed by atoms with E-state index in [4.69, 9.17) is 28.1 Å². The van der Waals surface area contributed by atoms with Gasteiger partial charge in [-0.05, 0) is 38.5 Å². The normalized spacial score (nSPS) is 27.9. The molecule has 2 fully saturated rings. The average molecular weight is 469 g/mol. The third-order valence-electron chi connectivity index (χ3n) is 6.47. The maximum atomic E-state index is 12.8. The highest BCUT2D eigenvalue weighted by molar-refractivity contribution is 5.91. The summed E-state index contributed by atoms with van der Waals surface area (Å²) in [5.74, 6) is 0.552. The fraction of sp³-hybridized carbons (Fsp3) is 0.385. The molecule has 5 atom stereocenters. The minimum absolute atomic E-state index is 0.206. The van der Waals surface area contributed by atoms with Crippen LogP contribution in [0.25, 0.3) is 16.5 Å². The van der Waals surface area contributed by atoms with Crippen molar-refractivity contribution in [1.82, 2.24) is 0 Å². The van der Waals surface area contributed by atoms with Crippen LogP contribution in [0.15, 0.2) is 53.2 Å². The van der Waals surface area contributed by atoms with Gasteiger partial charge in [-0.3, -0.25) is 0 Å². The number of benzene rings is 1. The van der Waals surface area contributed by atoms with Crippen LogP contribution < -0.4 is 15.1 Å². The van der Waals surface area contributed by atoms with E-state index in [-0.39, 0.29) is 18.1 Å². The highest BCUT2D eigenvalue weighted by Crippen LogP contribution is 2.43. The standard InChI is InChI=1S/C26H28O8/c1-8-12-29-21-16-10-11-17(14(5)19(16)31-23(27)18(21)13(3)4)30-24-22-20(32-25(28)33-22)15(6)26(7,9-2)34-24/h8-11,15,20,22,24H,1-3,12H2,4-7H3/t15-,20-,22-,24?,26+/m1/s1. The molecule has 2 aliphatic rings. The summed E-state index contributed by atoms with van der Waals surface area (Å²) < 4.78 is 34.6. The average Bonchev–Trinajstić information content (AvgIpc) is 3.19. The third kappa shape index (κ3) is 3.77. The van der Waals surface area contributed by atoms with Gasteiger partial charge in [-0.1, -0.05) is 32.2 Å². The largest absolute Gasteiger partial charge is 0.509 e. The minimum Gasteiger partial charge on any atom is -0.488 e. The van der Waals surface area contributed by atoms with Gasteiger partial charge in [-0.25, -0.2) is 9.59 Å². The lowest BCUT2D eigenvalue weighted by Crippen LogP contribution is -2.58. The molecule has 1 aromatic heterocycles. The number of allylic oxidation sites excluding steroid dienone is 1. The molecule has 2 saturated heterocycles. The Morgan fingerprint density at radius 1 is 1.21 bits per heavy atom. The summed E-state index contributed by atoms with van der Waals surface area (Å²) in [5.41, 5.74) is 0.259. The van der Waals surface area contributed by atoms with E-state index in [1.165, 1.54) is 0 Å². The van der Waals surface area contributed by atoms with Gasteiger partial charge < -0.3 is 28.1 Å². The smallest absolute Gasteiger partial charge is 0.488 e. The van der Waals surface area contributed by atoms with Crippen LogP contribution in [0.5, 0.6) is 11.5 Å². The fourth-order valence-corrected chi connectivity index (χ4v) is 4.33. The summed E-state index contributed by atoms with van der Waals surface area (Å²) in [6.07, 6.45) is 0.173. The van der Waals surface area contributed by atoms with Crippen LogP contribution >= 0.6 is 0 Å². The number of hydrogen-bond donors (Lipinski definition) is 0. The monoisotopic (exact) mass is 468 g/mol. The molecule has 8 nitrogen and oxygen atoms in total. The van der Waals surface area contributed by atoms with E-state index in [0.717, 1.165) is 0 Å². The van der Waals surface area contributed by atoms with Crippen molar-refractivity contribution < 1.29 is 32.9 Å². The van der Waals surface area contributed by atoms with Gasteiger partial charge in [0.1, 0.15) is 29.3 Å². The zero-order valence-electron chi connectivity index (χ0n) is 19.7. The Balaban J connectivity index is 1.77. The molecule has 0 N–H and O–H groups in total. The molecular formula is C26H28O8. The molecule has 4 rings (SSSR count). The summed E-state index contributed by atoms with van der Waals surface area (Å²) in [6.45, 7) is 18.8. The Hall–Kier alpha value is -3.52. The molecule has 180 valence electrons. The topological polar surface area (TPSA) is 93.4 Å². The van der Waals surface area contributed by atoms with E-state index in [1.807, 2.05) is 13.8 Å². The zero-order chi connectivity index (χ0) is 24.8. The number of hydrogen-bond acceptors (Lipinski definition) is 8. The molecule has 34 heavy (non-hydrogen) atoms. The summed E-state index contributed by atoms with van der Waals surface area (Å²) >= 11 is 0. The van der Waals surface area contributed by atoms with Crippen molar-refractivity contribution in [1.29, 1.82) is 0 Å². The highest BCUT2D eigenvalue weighted by atomic mass is 16.8. The highest BCUT2D eigenvalue weighted by Gasteiger charge is 2.57. The SMILES string of the molecule is C=CCOc1c(C(=C)C)c(=O)oc2c(C)c(OC3O[C@@](C)(C=C)[C@H](C)[C@H]4OC(=O)O[C@@H]34)ccc12. The fourth-order valence-electron chi connectivity index (χ4n) is 4.33. The Labute approximate surface area is 197 Å². The number of rotatable bonds is 7. The second-order valence-corrected chi connectivity index (χ2v) is 8.73. The van der Waals surface area contributed by atoms with Crippen LogP contribution in [0.1, 0.15) is 31.9 Å². The van der Waals surface area contributed by atoms with Crippen LogP contribution in [0.3, 0.4) is 0 Å². The molecule has 0 spiro atoms. The lowest BCUT2D eigenvalue weighted by Gasteiger charge is -2.45. The second-order valence-electron chi connectivity index (χ2n) is 8.73. The van der Waals surface area contributed by atoms with Gasteiger partial charge in [0.15, 0.2) is 6.10 Å². The molecular weight excluding hydrogens is 440 g/mol. The second kappa shape index (κ2) is 8.68. The molecule has 2 aromatic rings. The van der Waals surface area contributed by atoms with Gasteiger partial charge >= 0.3 is 11.8 Å². The summed E-state index contributed by atoms with van der Waals surface area (Å²) in [7, 11) is 0. The van der Waals surface area contributed by atoms with Crippen molar-refractivity contribution >= 4 is 22.7 Å². The van der Waals surface area contributed by atoms with Gasteiger partial charge in [-0.2, -0.15) is 0 Å². The van der Waals surface area contributed by atoms with Crippen molar-refractivity contribution in [2.24, 2.45) is 5.92 Å². The predicted octanol–water partition coefficient (Wildman–Crippen LogP) is 4.92. The van der Waals surface area contributed by atoms with E-state index in [1.54, 1.807) is 38.1 Å². The summed E-state index contributed by atoms with van der Waals surface area (Å²) in [5, 5.41) is 0.590. The van der Waals surface area contributed by atoms with Crippen molar-refractivity contribution in [3.63, 3.8) is 0 Å². The van der Waals surface area contributed by atoms with E-state index in [0.29, 0.717) is 33.6 Å². The van der Waals surface area contributed by atoms with E-state index in [2.05, 4.69) is 19.7 Å². The number of fused-ring (bicyclic) bond motifs is 2. The van der Waals surface area contributed by atoms with Crippen LogP contribution in [0.4, 0.5) is 4.79 Å². The molecule has 2 aliphatic heterocycles. The van der Waals surface area contributed by atoms with Gasteiger partial charge in [0, 0.05) is 11.5 Å². The first-order chi connectivity index (χ1) is 16.1. The minimum atomic E-state index is -0.968. The summed E-state index contributed by atoms with van der Waals surface area (Å²) in [6, 6.07) is 3.46. The first-order valence-corrected chi connectivity index (χ1v) is 11.0. The molecule has 0 saturated carbocycles. The van der Waals surface area contributed by atoms with Crippen LogP contribution in [0, 0.1) is 12.8 Å². The maximum absolute atomic E-state index is 12.8. The molecule has 0 aliphatic carbocycles. The first kappa shape index (κ1) is 23.6. The Morgan fingerprint density at radius 3 is 2.56 bits per heavy atom. The lowest BCUT2D eigenvalue weighted by atomic mass is 9.81. The number of carbonyl (C=O) groups is 1. The van der Waals surface area contributed by atoms with Crippen LogP contribution in [-0.2, 0) is 14.2 Å². The van der Waals surface area contributed by atoms with Crippen molar-refractivity contribution in [2.45, 2.75) is 51.8 Å². The molecule has 3 heterocycles. The van der Waals surface area contributed by atoms with Gasteiger partial charge in [0.05, 0.1) is 11.0 Å². The van der Waals surface area contributed by atoms with Crippen molar-refractivity contribution in [2.75, 3.05) is 6.61 Å². The molecule has 0 amide bonds. The molecule has 0 radical (unpaired) electrons. The van der Waals surface area contributed by atoms with Gasteiger partial charge in [0.25, 0.3) is 0 Å². The molecule has 0 bridgehead atoms. The number of carbonyl (C=O) groups excluding carboxylic acids is 1. The van der Waals surface area contributed by atoms with E-state index >= 15 is 0 Å². The Kier molecular flexibility index (Phi) is 6.03. The van der Waals surface area contributed by atoms with Crippen molar-refractivity contribution in [3.8, 4) is 11.5 Å². The Bertz CT molecular complexity index is 1240. The molecule has 8 heteroatoms. The third-order valence-corrected chi connectivity index (χ3v) is 6.47. The molecule has 1 aromatic carbocycles. The number of ether oxygens (including phenoxy) is 5. The van der Waals surface area contributed by atoms with E-state index < -0.39 is 35.9 Å². The lowest BCUT2D eigenvalue weighted by molar-refractivity contribution is -0.249. The summed E-state index contributed by atoms with van der Waals surface area (Å²) in [4.78, 5) is 24.7. The van der Waals surface area contributed by atoms with Crippen LogP contribution in [-0.4, -0.2) is 36.9 Å². The molecule has 1 unspecified atom stereocenters. The predicted molar refractivity (Wildman–Crippen MR) is 126 cm³/mol. The van der Waals surface area contributed by atoms with E-state index in [9.17, 15) is 9.59 Å². The number of aryl methyl sites for hydroxylation is 1. The quantitative estimate of drug-likeness (QED) is 0.321. The van der Waals surface area contributed by atoms with Gasteiger partial charge in [0.2, 0.25) is 12.4 Å². The maximum Gasteiger partial charge on any atom is 0.509 e.